The van der Waals surface area contributed by atoms with E-state index in [1.807, 2.05) is 19.1 Å². The van der Waals surface area contributed by atoms with Gasteiger partial charge < -0.3 is 19.9 Å². The molecule has 0 fully saturated rings. The van der Waals surface area contributed by atoms with Crippen LogP contribution < -0.4 is 15.2 Å². The zero-order chi connectivity index (χ0) is 13.4. The summed E-state index contributed by atoms with van der Waals surface area (Å²) in [6.07, 6.45) is 0.146. The average Bonchev–Trinajstić information content (AvgIpc) is 2.38. The average molecular weight is 253 g/mol. The van der Waals surface area contributed by atoms with Gasteiger partial charge in [0.15, 0.2) is 0 Å². The van der Waals surface area contributed by atoms with Gasteiger partial charge in [-0.05, 0) is 31.2 Å². The van der Waals surface area contributed by atoms with Crippen LogP contribution >= 0.6 is 0 Å². The Morgan fingerprint density at radius 2 is 1.78 bits per heavy atom. The highest BCUT2D eigenvalue weighted by molar-refractivity contribution is 5.69. The van der Waals surface area contributed by atoms with Crippen molar-refractivity contribution in [2.45, 2.75) is 19.4 Å². The van der Waals surface area contributed by atoms with Gasteiger partial charge in [-0.25, -0.2) is 0 Å². The van der Waals surface area contributed by atoms with Crippen LogP contribution in [0.5, 0.6) is 11.5 Å². The first kappa shape index (κ1) is 14.3. The first-order chi connectivity index (χ1) is 8.65. The third-order valence-corrected chi connectivity index (χ3v) is 2.26. The largest absolute Gasteiger partial charge is 0.494 e. The molecule has 0 aliphatic rings. The predicted octanol–water partition coefficient (Wildman–Crippen LogP) is 1.35. The van der Waals surface area contributed by atoms with E-state index in [4.69, 9.17) is 15.2 Å². The number of carbonyl (C=O) groups is 1. The van der Waals surface area contributed by atoms with Crippen LogP contribution in [-0.4, -0.2) is 32.3 Å². The van der Waals surface area contributed by atoms with Crippen molar-refractivity contribution in [3.05, 3.63) is 24.3 Å². The van der Waals surface area contributed by atoms with Gasteiger partial charge in [0, 0.05) is 6.04 Å². The minimum Gasteiger partial charge on any atom is -0.494 e. The molecule has 0 amide bonds. The lowest BCUT2D eigenvalue weighted by Crippen LogP contribution is -2.30. The van der Waals surface area contributed by atoms with Crippen molar-refractivity contribution in [1.82, 2.24) is 0 Å². The summed E-state index contributed by atoms with van der Waals surface area (Å²) in [5.74, 6) is 1.15. The molecule has 1 atom stereocenters. The Kier molecular flexibility index (Phi) is 6.00. The van der Waals surface area contributed by atoms with Gasteiger partial charge in [-0.15, -0.1) is 0 Å². The molecule has 0 aliphatic heterocycles. The van der Waals surface area contributed by atoms with Crippen LogP contribution in [0.15, 0.2) is 24.3 Å². The second kappa shape index (κ2) is 7.55. The maximum absolute atomic E-state index is 11.0. The minimum atomic E-state index is -0.371. The lowest BCUT2D eigenvalue weighted by molar-refractivity contribution is -0.141. The number of nitrogens with two attached hydrogens (primary N) is 1. The molecule has 5 heteroatoms. The van der Waals surface area contributed by atoms with E-state index >= 15 is 0 Å². The van der Waals surface area contributed by atoms with Crippen molar-refractivity contribution in [3.63, 3.8) is 0 Å². The van der Waals surface area contributed by atoms with Crippen molar-refractivity contribution in [2.24, 2.45) is 5.73 Å². The summed E-state index contributed by atoms with van der Waals surface area (Å²) in [4.78, 5) is 11.0. The summed E-state index contributed by atoms with van der Waals surface area (Å²) in [6, 6.07) is 6.88. The van der Waals surface area contributed by atoms with E-state index in [2.05, 4.69) is 4.74 Å². The van der Waals surface area contributed by atoms with Crippen LogP contribution in [-0.2, 0) is 9.53 Å². The molecule has 1 aromatic carbocycles. The van der Waals surface area contributed by atoms with Crippen LogP contribution in [0.2, 0.25) is 0 Å². The standard InChI is InChI=1S/C13H19NO4/c1-3-17-11-4-6-12(7-5-11)18-9-10(14)8-13(15)16-2/h4-7,10H,3,8-9,14H2,1-2H3. The topological polar surface area (TPSA) is 70.8 Å². The zero-order valence-corrected chi connectivity index (χ0v) is 10.7. The summed E-state index contributed by atoms with van der Waals surface area (Å²) >= 11 is 0. The minimum absolute atomic E-state index is 0.146. The van der Waals surface area contributed by atoms with Crippen molar-refractivity contribution in [2.75, 3.05) is 20.3 Å². The summed E-state index contributed by atoms with van der Waals surface area (Å²) in [6.45, 7) is 2.82. The number of hydrogen-bond donors (Lipinski definition) is 1. The maximum atomic E-state index is 11.0. The molecule has 0 heterocycles. The van der Waals surface area contributed by atoms with Crippen LogP contribution in [0.3, 0.4) is 0 Å². The third kappa shape index (κ3) is 5.05. The number of carbonyl (C=O) groups excluding carboxylic acids is 1. The molecule has 18 heavy (non-hydrogen) atoms. The highest BCUT2D eigenvalue weighted by Gasteiger charge is 2.10. The molecule has 0 saturated carbocycles. The summed E-state index contributed by atoms with van der Waals surface area (Å²) in [5.41, 5.74) is 5.73. The zero-order valence-electron chi connectivity index (χ0n) is 10.7. The van der Waals surface area contributed by atoms with Crippen LogP contribution in [0.1, 0.15) is 13.3 Å². The van der Waals surface area contributed by atoms with Crippen LogP contribution in [0.25, 0.3) is 0 Å². The van der Waals surface area contributed by atoms with E-state index in [1.165, 1.54) is 7.11 Å². The molecular weight excluding hydrogens is 234 g/mol. The third-order valence-electron chi connectivity index (χ3n) is 2.26. The van der Waals surface area contributed by atoms with Gasteiger partial charge in [0.2, 0.25) is 0 Å². The molecule has 0 aromatic heterocycles. The Labute approximate surface area is 107 Å². The molecule has 0 radical (unpaired) electrons. The molecular formula is C13H19NO4. The second-order valence-electron chi connectivity index (χ2n) is 3.76. The van der Waals surface area contributed by atoms with E-state index < -0.39 is 0 Å². The fourth-order valence-electron chi connectivity index (χ4n) is 1.36. The first-order valence-corrected chi connectivity index (χ1v) is 5.83. The normalized spacial score (nSPS) is 11.7. The number of rotatable bonds is 7. The van der Waals surface area contributed by atoms with E-state index in [-0.39, 0.29) is 25.0 Å². The molecule has 1 unspecified atom stereocenters. The van der Waals surface area contributed by atoms with Gasteiger partial charge in [-0.1, -0.05) is 0 Å². The highest BCUT2D eigenvalue weighted by Crippen LogP contribution is 2.17. The summed E-state index contributed by atoms with van der Waals surface area (Å²) in [7, 11) is 1.34. The van der Waals surface area contributed by atoms with E-state index in [0.717, 1.165) is 5.75 Å². The quantitative estimate of drug-likeness (QED) is 0.743. The Balaban J connectivity index is 2.36. The molecule has 0 saturated heterocycles. The molecule has 2 N–H and O–H groups in total. The Morgan fingerprint density at radius 3 is 2.28 bits per heavy atom. The molecule has 5 nitrogen and oxygen atoms in total. The van der Waals surface area contributed by atoms with Gasteiger partial charge in [0.05, 0.1) is 20.1 Å². The lowest BCUT2D eigenvalue weighted by atomic mass is 10.2. The Morgan fingerprint density at radius 1 is 1.22 bits per heavy atom. The van der Waals surface area contributed by atoms with Gasteiger partial charge in [-0.2, -0.15) is 0 Å². The molecule has 0 spiro atoms. The van der Waals surface area contributed by atoms with Gasteiger partial charge in [0.25, 0.3) is 0 Å². The smallest absolute Gasteiger partial charge is 0.307 e. The van der Waals surface area contributed by atoms with E-state index in [9.17, 15) is 4.79 Å². The predicted molar refractivity (Wildman–Crippen MR) is 67.7 cm³/mol. The summed E-state index contributed by atoms with van der Waals surface area (Å²) in [5, 5.41) is 0. The summed E-state index contributed by atoms with van der Waals surface area (Å²) < 4.78 is 15.3. The number of benzene rings is 1. The fourth-order valence-corrected chi connectivity index (χ4v) is 1.36. The second-order valence-corrected chi connectivity index (χ2v) is 3.76. The fraction of sp³-hybridized carbons (Fsp3) is 0.462. The maximum Gasteiger partial charge on any atom is 0.307 e. The van der Waals surface area contributed by atoms with Crippen LogP contribution in [0, 0.1) is 0 Å². The highest BCUT2D eigenvalue weighted by atomic mass is 16.5. The first-order valence-electron chi connectivity index (χ1n) is 5.83. The van der Waals surface area contributed by atoms with Crippen LogP contribution in [0.4, 0.5) is 0 Å². The van der Waals surface area contributed by atoms with Crippen molar-refractivity contribution in [3.8, 4) is 11.5 Å². The number of methoxy groups -OCH3 is 1. The molecule has 100 valence electrons. The SMILES string of the molecule is CCOc1ccc(OCC(N)CC(=O)OC)cc1. The Bertz CT molecular complexity index is 364. The van der Waals surface area contributed by atoms with E-state index in [0.29, 0.717) is 12.4 Å². The van der Waals surface area contributed by atoms with Crippen molar-refractivity contribution >= 4 is 5.97 Å². The molecule has 0 aliphatic carbocycles. The van der Waals surface area contributed by atoms with Gasteiger partial charge in [0.1, 0.15) is 18.1 Å². The van der Waals surface area contributed by atoms with E-state index in [1.54, 1.807) is 12.1 Å². The number of esters is 1. The number of ether oxygens (including phenoxy) is 3. The monoisotopic (exact) mass is 253 g/mol. The molecule has 0 bridgehead atoms. The van der Waals surface area contributed by atoms with Crippen molar-refractivity contribution < 1.29 is 19.0 Å². The van der Waals surface area contributed by atoms with Gasteiger partial charge >= 0.3 is 5.97 Å². The van der Waals surface area contributed by atoms with Crippen molar-refractivity contribution in [1.29, 1.82) is 0 Å². The molecule has 1 rings (SSSR count). The Hall–Kier alpha value is -1.75. The molecule has 1 aromatic rings. The number of hydrogen-bond acceptors (Lipinski definition) is 5. The van der Waals surface area contributed by atoms with Gasteiger partial charge in [-0.3, -0.25) is 4.79 Å². The lowest BCUT2D eigenvalue weighted by Gasteiger charge is -2.12.